The van der Waals surface area contributed by atoms with Gasteiger partial charge in [-0.25, -0.2) is 0 Å². The van der Waals surface area contributed by atoms with Gasteiger partial charge in [-0.15, -0.1) is 0 Å². The van der Waals surface area contributed by atoms with Crippen LogP contribution in [0.2, 0.25) is 0 Å². The number of allylic oxidation sites excluding steroid dienone is 3. The first-order chi connectivity index (χ1) is 11.0. The van der Waals surface area contributed by atoms with Crippen molar-refractivity contribution in [1.82, 2.24) is 10.2 Å². The van der Waals surface area contributed by atoms with Gasteiger partial charge in [0.1, 0.15) is 12.7 Å². The molecule has 0 saturated carbocycles. The van der Waals surface area contributed by atoms with E-state index in [1.165, 1.54) is 0 Å². The molecule has 2 heterocycles. The lowest BCUT2D eigenvalue weighted by molar-refractivity contribution is -0.132. The third kappa shape index (κ3) is 4.16. The fourth-order valence-corrected chi connectivity index (χ4v) is 3.12. The van der Waals surface area contributed by atoms with E-state index >= 15 is 0 Å². The van der Waals surface area contributed by atoms with E-state index in [1.54, 1.807) is 13.1 Å². The monoisotopic (exact) mass is 320 g/mol. The first-order valence-corrected chi connectivity index (χ1v) is 8.26. The number of piperidine rings is 1. The summed E-state index contributed by atoms with van der Waals surface area (Å²) in [6, 6.07) is 0. The van der Waals surface area contributed by atoms with Crippen LogP contribution in [0.4, 0.5) is 0 Å². The van der Waals surface area contributed by atoms with E-state index in [0.29, 0.717) is 6.61 Å². The van der Waals surface area contributed by atoms with Gasteiger partial charge >= 0.3 is 0 Å². The molecular weight excluding hydrogens is 292 g/mol. The van der Waals surface area contributed by atoms with Crippen LogP contribution in [0.1, 0.15) is 26.7 Å². The molecule has 2 rings (SSSR count). The number of hydrogen-bond donors (Lipinski definition) is 1. The number of carbonyl (C=O) groups excluding carboxylic acids is 1. The zero-order valence-corrected chi connectivity index (χ0v) is 14.4. The van der Waals surface area contributed by atoms with Crippen molar-refractivity contribution in [3.63, 3.8) is 0 Å². The summed E-state index contributed by atoms with van der Waals surface area (Å²) in [5, 5.41) is 2.78. The summed E-state index contributed by atoms with van der Waals surface area (Å²) in [6.45, 7) is 10.9. The molecular formula is C18H28N2O3. The van der Waals surface area contributed by atoms with E-state index in [0.717, 1.165) is 44.0 Å². The molecule has 1 atom stereocenters. The highest BCUT2D eigenvalue weighted by Crippen LogP contribution is 2.31. The maximum absolute atomic E-state index is 12.0. The summed E-state index contributed by atoms with van der Waals surface area (Å²) >= 11 is 0. The molecule has 0 aromatic heterocycles. The Bertz CT molecular complexity index is 502. The van der Waals surface area contributed by atoms with Crippen molar-refractivity contribution in [2.45, 2.75) is 32.8 Å². The first kappa shape index (κ1) is 17.6. The molecule has 0 aromatic carbocycles. The normalized spacial score (nSPS) is 28.0. The number of nitrogens with zero attached hydrogens (tertiary/aromatic N) is 1. The third-order valence-corrected chi connectivity index (χ3v) is 4.69. The van der Waals surface area contributed by atoms with E-state index in [-0.39, 0.29) is 17.4 Å². The summed E-state index contributed by atoms with van der Waals surface area (Å²) in [6.07, 6.45) is 7.20. The molecule has 2 aliphatic rings. The molecule has 0 aliphatic carbocycles. The number of likely N-dealkylation sites (tertiary alicyclic amines) is 1. The molecule has 2 aliphatic heterocycles. The average molecular weight is 320 g/mol. The molecule has 5 heteroatoms. The van der Waals surface area contributed by atoms with Gasteiger partial charge in [0.25, 0.3) is 0 Å². The van der Waals surface area contributed by atoms with Crippen molar-refractivity contribution >= 4 is 5.91 Å². The second-order valence-corrected chi connectivity index (χ2v) is 6.41. The number of rotatable bonds is 4. The fraction of sp³-hybridized carbons (Fsp3) is 0.611. The topological polar surface area (TPSA) is 50.8 Å². The van der Waals surface area contributed by atoms with Gasteiger partial charge in [-0.05, 0) is 45.0 Å². The molecule has 0 aromatic rings. The SMILES string of the molecule is C=C/C=C1/OC(CN2CCC(C)(C(=O)NC)CC2)CO/C1=C/C. The Kier molecular flexibility index (Phi) is 5.88. The minimum Gasteiger partial charge on any atom is -0.486 e. The van der Waals surface area contributed by atoms with Crippen molar-refractivity contribution in [3.8, 4) is 0 Å². The van der Waals surface area contributed by atoms with Crippen molar-refractivity contribution in [2.75, 3.05) is 33.3 Å². The van der Waals surface area contributed by atoms with Gasteiger partial charge < -0.3 is 14.8 Å². The quantitative estimate of drug-likeness (QED) is 0.863. The van der Waals surface area contributed by atoms with E-state index in [2.05, 4.69) is 16.8 Å². The molecule has 1 amide bonds. The highest BCUT2D eigenvalue weighted by molar-refractivity contribution is 5.82. The fourth-order valence-electron chi connectivity index (χ4n) is 3.12. The smallest absolute Gasteiger partial charge is 0.225 e. The maximum Gasteiger partial charge on any atom is 0.225 e. The first-order valence-electron chi connectivity index (χ1n) is 8.26. The Morgan fingerprint density at radius 3 is 2.70 bits per heavy atom. The van der Waals surface area contributed by atoms with E-state index in [9.17, 15) is 4.79 Å². The second kappa shape index (κ2) is 7.68. The lowest BCUT2D eigenvalue weighted by atomic mass is 9.79. The maximum atomic E-state index is 12.0. The number of ether oxygens (including phenoxy) is 2. The van der Waals surface area contributed by atoms with Gasteiger partial charge in [0, 0.05) is 19.0 Å². The minimum atomic E-state index is -0.249. The van der Waals surface area contributed by atoms with E-state index < -0.39 is 0 Å². The van der Waals surface area contributed by atoms with Crippen LogP contribution in [0.25, 0.3) is 0 Å². The van der Waals surface area contributed by atoms with Crippen LogP contribution >= 0.6 is 0 Å². The van der Waals surface area contributed by atoms with Crippen LogP contribution in [0.3, 0.4) is 0 Å². The van der Waals surface area contributed by atoms with Crippen LogP contribution in [0.5, 0.6) is 0 Å². The van der Waals surface area contributed by atoms with Crippen molar-refractivity contribution in [2.24, 2.45) is 5.41 Å². The number of carbonyl (C=O) groups is 1. The van der Waals surface area contributed by atoms with Gasteiger partial charge in [0.15, 0.2) is 11.5 Å². The summed E-state index contributed by atoms with van der Waals surface area (Å²) in [5.41, 5.74) is -0.249. The molecule has 1 unspecified atom stereocenters. The zero-order chi connectivity index (χ0) is 16.9. The minimum absolute atomic E-state index is 0.00857. The molecule has 0 radical (unpaired) electrons. The molecule has 23 heavy (non-hydrogen) atoms. The number of hydrogen-bond acceptors (Lipinski definition) is 4. The van der Waals surface area contributed by atoms with Gasteiger partial charge in [-0.1, -0.05) is 19.6 Å². The Balaban J connectivity index is 1.88. The van der Waals surface area contributed by atoms with Crippen LogP contribution in [0.15, 0.2) is 36.3 Å². The molecule has 0 bridgehead atoms. The Labute approximate surface area is 139 Å². The number of amides is 1. The summed E-state index contributed by atoms with van der Waals surface area (Å²) in [5.74, 6) is 1.65. The van der Waals surface area contributed by atoms with Crippen LogP contribution < -0.4 is 5.32 Å². The summed E-state index contributed by atoms with van der Waals surface area (Å²) in [7, 11) is 1.71. The molecule has 5 nitrogen and oxygen atoms in total. The van der Waals surface area contributed by atoms with Gasteiger partial charge in [0.05, 0.1) is 0 Å². The highest BCUT2D eigenvalue weighted by atomic mass is 16.6. The summed E-state index contributed by atoms with van der Waals surface area (Å²) < 4.78 is 11.8. The average Bonchev–Trinajstić information content (AvgIpc) is 2.57. The van der Waals surface area contributed by atoms with Gasteiger partial charge in [-0.3, -0.25) is 9.69 Å². The van der Waals surface area contributed by atoms with E-state index in [4.69, 9.17) is 9.47 Å². The van der Waals surface area contributed by atoms with Crippen molar-refractivity contribution in [1.29, 1.82) is 0 Å². The van der Waals surface area contributed by atoms with Crippen molar-refractivity contribution < 1.29 is 14.3 Å². The predicted molar refractivity (Wildman–Crippen MR) is 90.7 cm³/mol. The lowest BCUT2D eigenvalue weighted by Gasteiger charge is -2.40. The standard InChI is InChI=1S/C18H28N2O3/c1-5-7-16-15(6-2)22-13-14(23-16)12-20-10-8-18(3,9-11-20)17(21)19-4/h5-7,14H,1,8-13H2,2-4H3,(H,19,21)/b15-6+,16-7+. The van der Waals surface area contributed by atoms with Crippen molar-refractivity contribution in [3.05, 3.63) is 36.3 Å². The molecule has 0 spiro atoms. The largest absolute Gasteiger partial charge is 0.486 e. The highest BCUT2D eigenvalue weighted by Gasteiger charge is 2.37. The lowest BCUT2D eigenvalue weighted by Crippen LogP contribution is -2.49. The third-order valence-electron chi connectivity index (χ3n) is 4.69. The van der Waals surface area contributed by atoms with Crippen LogP contribution in [-0.2, 0) is 14.3 Å². The van der Waals surface area contributed by atoms with Gasteiger partial charge in [-0.2, -0.15) is 0 Å². The number of nitrogens with one attached hydrogen (secondary N) is 1. The van der Waals surface area contributed by atoms with Crippen LogP contribution in [0, 0.1) is 5.41 Å². The molecule has 128 valence electrons. The van der Waals surface area contributed by atoms with Crippen LogP contribution in [-0.4, -0.2) is 50.2 Å². The molecule has 1 N–H and O–H groups in total. The summed E-state index contributed by atoms with van der Waals surface area (Å²) in [4.78, 5) is 14.3. The Hall–Kier alpha value is -1.75. The second-order valence-electron chi connectivity index (χ2n) is 6.41. The molecule has 2 fully saturated rings. The predicted octanol–water partition coefficient (Wildman–Crippen LogP) is 2.22. The van der Waals surface area contributed by atoms with Gasteiger partial charge in [0.2, 0.25) is 5.91 Å². The Morgan fingerprint density at radius 1 is 1.43 bits per heavy atom. The Morgan fingerprint density at radius 2 is 2.13 bits per heavy atom. The molecule has 2 saturated heterocycles. The van der Waals surface area contributed by atoms with E-state index in [1.807, 2.05) is 26.0 Å². The zero-order valence-electron chi connectivity index (χ0n) is 14.4.